The lowest BCUT2D eigenvalue weighted by Crippen LogP contribution is -2.23. The van der Waals surface area contributed by atoms with Crippen LogP contribution in [-0.2, 0) is 6.42 Å². The Morgan fingerprint density at radius 2 is 2.45 bits per heavy atom. The minimum atomic E-state index is -1.25. The molecule has 0 amide bonds. The third-order valence-corrected chi connectivity index (χ3v) is 2.26. The number of carboxylic acid groups (broad SMARTS) is 1. The van der Waals surface area contributed by atoms with Crippen molar-refractivity contribution in [1.82, 2.24) is 4.98 Å². The maximum Gasteiger partial charge on any atom is 0.180 e. The van der Waals surface area contributed by atoms with Crippen LogP contribution in [0, 0.1) is 0 Å². The van der Waals surface area contributed by atoms with Crippen LogP contribution in [0.4, 0.5) is 5.13 Å². The molecule has 2 N–H and O–H groups in total. The third-order valence-electron chi connectivity index (χ3n) is 1.23. The number of carboxylic acids is 1. The Kier molecular flexibility index (Phi) is 2.09. The highest BCUT2D eigenvalue weighted by Crippen LogP contribution is 2.19. The molecule has 11 heavy (non-hydrogen) atoms. The monoisotopic (exact) mass is 171 g/mol. The number of rotatable bonds is 2. The molecule has 1 aromatic heterocycles. The van der Waals surface area contributed by atoms with Crippen molar-refractivity contribution < 1.29 is 9.90 Å². The smallest absolute Gasteiger partial charge is 0.180 e. The van der Waals surface area contributed by atoms with Gasteiger partial charge in [-0.2, -0.15) is 0 Å². The summed E-state index contributed by atoms with van der Waals surface area (Å²) in [5.74, 6) is -1.25. The highest BCUT2D eigenvalue weighted by atomic mass is 32.1. The molecule has 0 saturated carbocycles. The number of nitrogen functional groups attached to an aromatic ring is 1. The van der Waals surface area contributed by atoms with Gasteiger partial charge in [0.1, 0.15) is 5.69 Å². The van der Waals surface area contributed by atoms with Gasteiger partial charge in [0.25, 0.3) is 0 Å². The fourth-order valence-corrected chi connectivity index (χ4v) is 1.53. The molecule has 5 heteroatoms. The third kappa shape index (κ3) is 1.48. The molecule has 0 radical (unpaired) electrons. The van der Waals surface area contributed by atoms with Gasteiger partial charge < -0.3 is 15.6 Å². The van der Waals surface area contributed by atoms with Crippen molar-refractivity contribution >= 4 is 22.4 Å². The van der Waals surface area contributed by atoms with Crippen molar-refractivity contribution in [2.75, 3.05) is 5.73 Å². The molecule has 4 nitrogen and oxygen atoms in total. The molecule has 0 aliphatic rings. The molecule has 0 atom stereocenters. The predicted octanol–water partition coefficient (Wildman–Crippen LogP) is -0.349. The second-order valence-corrected chi connectivity index (χ2v) is 3.08. The van der Waals surface area contributed by atoms with Gasteiger partial charge in [-0.25, -0.2) is 4.98 Å². The molecule has 0 saturated heterocycles. The lowest BCUT2D eigenvalue weighted by atomic mass is 10.3. The van der Waals surface area contributed by atoms with Crippen LogP contribution in [-0.4, -0.2) is 11.0 Å². The van der Waals surface area contributed by atoms with Crippen LogP contribution in [0.3, 0.4) is 0 Å². The number of hydrogen-bond acceptors (Lipinski definition) is 5. The van der Waals surface area contributed by atoms with Gasteiger partial charge in [0.15, 0.2) is 5.13 Å². The Balaban J connectivity index is 3.12. The summed E-state index contributed by atoms with van der Waals surface area (Å²) in [6.45, 7) is 1.85. The van der Waals surface area contributed by atoms with Crippen molar-refractivity contribution in [2.45, 2.75) is 13.3 Å². The topological polar surface area (TPSA) is 79.0 Å². The largest absolute Gasteiger partial charge is 0.543 e. The molecular weight excluding hydrogens is 164 g/mol. The predicted molar refractivity (Wildman–Crippen MR) is 40.2 cm³/mol. The standard InChI is InChI=1S/C6H8N2O2S/c1-2-3-4(5(9)10)8-6(7)11-3/h2H2,1H3,(H2,7,8)(H,9,10)/p-1. The number of aromatic carboxylic acids is 1. The van der Waals surface area contributed by atoms with E-state index in [1.165, 1.54) is 11.3 Å². The zero-order valence-electron chi connectivity index (χ0n) is 5.96. The van der Waals surface area contributed by atoms with Gasteiger partial charge in [-0.1, -0.05) is 6.92 Å². The van der Waals surface area contributed by atoms with Crippen LogP contribution in [0.1, 0.15) is 22.3 Å². The number of aryl methyl sites for hydroxylation is 1. The van der Waals surface area contributed by atoms with Crippen LogP contribution in [0.25, 0.3) is 0 Å². The summed E-state index contributed by atoms with van der Waals surface area (Å²) in [5, 5.41) is 10.7. The first-order chi connectivity index (χ1) is 5.15. The highest BCUT2D eigenvalue weighted by molar-refractivity contribution is 7.15. The fraction of sp³-hybridized carbons (Fsp3) is 0.333. The van der Waals surface area contributed by atoms with E-state index >= 15 is 0 Å². The van der Waals surface area contributed by atoms with Gasteiger partial charge in [0, 0.05) is 4.88 Å². The molecular formula is C6H7N2O2S-. The van der Waals surface area contributed by atoms with E-state index in [9.17, 15) is 9.90 Å². The molecule has 0 bridgehead atoms. The summed E-state index contributed by atoms with van der Waals surface area (Å²) in [5.41, 5.74) is 5.29. The van der Waals surface area contributed by atoms with E-state index < -0.39 is 5.97 Å². The lowest BCUT2D eigenvalue weighted by molar-refractivity contribution is -0.255. The van der Waals surface area contributed by atoms with E-state index in [1.807, 2.05) is 6.92 Å². The maximum absolute atomic E-state index is 10.4. The van der Waals surface area contributed by atoms with Crippen molar-refractivity contribution in [2.24, 2.45) is 0 Å². The average Bonchev–Trinajstić information content (AvgIpc) is 2.30. The Bertz CT molecular complexity index is 282. The minimum absolute atomic E-state index is 0.0185. The van der Waals surface area contributed by atoms with Gasteiger partial charge in [-0.3, -0.25) is 0 Å². The quantitative estimate of drug-likeness (QED) is 0.659. The van der Waals surface area contributed by atoms with E-state index in [2.05, 4.69) is 4.98 Å². The molecule has 0 fully saturated rings. The average molecular weight is 171 g/mol. The van der Waals surface area contributed by atoms with E-state index in [0.29, 0.717) is 11.3 Å². The molecule has 0 unspecified atom stereocenters. The number of hydrogen-bond donors (Lipinski definition) is 1. The Hall–Kier alpha value is -1.10. The van der Waals surface area contributed by atoms with Crippen LogP contribution in [0.5, 0.6) is 0 Å². The lowest BCUT2D eigenvalue weighted by Gasteiger charge is -1.97. The zero-order valence-corrected chi connectivity index (χ0v) is 6.77. The molecule has 1 aromatic rings. The molecule has 0 aliphatic carbocycles. The van der Waals surface area contributed by atoms with Crippen LogP contribution in [0.15, 0.2) is 0 Å². The first kappa shape index (κ1) is 8.00. The van der Waals surface area contributed by atoms with Crippen molar-refractivity contribution in [3.8, 4) is 0 Å². The summed E-state index contributed by atoms with van der Waals surface area (Å²) in [4.78, 5) is 14.7. The fourth-order valence-electron chi connectivity index (χ4n) is 0.769. The van der Waals surface area contributed by atoms with Crippen molar-refractivity contribution in [3.63, 3.8) is 0 Å². The molecule has 60 valence electrons. The second-order valence-electron chi connectivity index (χ2n) is 1.96. The van der Waals surface area contributed by atoms with Crippen molar-refractivity contribution in [3.05, 3.63) is 10.6 Å². The number of nitrogens with two attached hydrogens (primary N) is 1. The Morgan fingerprint density at radius 1 is 1.82 bits per heavy atom. The summed E-state index contributed by atoms with van der Waals surface area (Å²) < 4.78 is 0. The number of carbonyl (C=O) groups is 1. The van der Waals surface area contributed by atoms with E-state index in [0.717, 1.165) is 0 Å². The Labute approximate surface area is 67.7 Å². The van der Waals surface area contributed by atoms with Gasteiger partial charge in [-0.05, 0) is 6.42 Å². The zero-order chi connectivity index (χ0) is 8.43. The minimum Gasteiger partial charge on any atom is -0.543 e. The van der Waals surface area contributed by atoms with Crippen LogP contribution < -0.4 is 10.8 Å². The van der Waals surface area contributed by atoms with E-state index in [1.54, 1.807) is 0 Å². The first-order valence-corrected chi connectivity index (χ1v) is 3.93. The summed E-state index contributed by atoms with van der Waals surface area (Å²) >= 11 is 1.19. The van der Waals surface area contributed by atoms with Gasteiger partial charge in [0.2, 0.25) is 0 Å². The second kappa shape index (κ2) is 2.87. The number of thiazole rings is 1. The summed E-state index contributed by atoms with van der Waals surface area (Å²) in [6, 6.07) is 0. The molecule has 0 aliphatic heterocycles. The van der Waals surface area contributed by atoms with Gasteiger partial charge in [-0.15, -0.1) is 11.3 Å². The molecule has 0 spiro atoms. The van der Waals surface area contributed by atoms with E-state index in [-0.39, 0.29) is 10.8 Å². The van der Waals surface area contributed by atoms with Crippen LogP contribution >= 0.6 is 11.3 Å². The summed E-state index contributed by atoms with van der Waals surface area (Å²) in [6.07, 6.45) is 0.623. The molecule has 1 heterocycles. The van der Waals surface area contributed by atoms with Crippen LogP contribution in [0.2, 0.25) is 0 Å². The maximum atomic E-state index is 10.4. The van der Waals surface area contributed by atoms with Crippen molar-refractivity contribution in [1.29, 1.82) is 0 Å². The number of aromatic nitrogens is 1. The number of nitrogens with zero attached hydrogens (tertiary/aromatic N) is 1. The highest BCUT2D eigenvalue weighted by Gasteiger charge is 2.07. The number of anilines is 1. The Morgan fingerprint density at radius 3 is 2.82 bits per heavy atom. The van der Waals surface area contributed by atoms with Gasteiger partial charge >= 0.3 is 0 Å². The molecule has 1 rings (SSSR count). The normalized spacial score (nSPS) is 9.91. The first-order valence-electron chi connectivity index (χ1n) is 3.11. The van der Waals surface area contributed by atoms with Gasteiger partial charge in [0.05, 0.1) is 5.97 Å². The van der Waals surface area contributed by atoms with E-state index in [4.69, 9.17) is 5.73 Å². The molecule has 0 aromatic carbocycles. The number of carbonyl (C=O) groups excluding carboxylic acids is 1. The summed E-state index contributed by atoms with van der Waals surface area (Å²) in [7, 11) is 0. The SMILES string of the molecule is CCc1sc(N)nc1C(=O)[O-].